The summed E-state index contributed by atoms with van der Waals surface area (Å²) in [7, 11) is 0. The van der Waals surface area contributed by atoms with Crippen molar-refractivity contribution in [2.24, 2.45) is 0 Å². The van der Waals surface area contributed by atoms with Gasteiger partial charge in [-0.25, -0.2) is 4.98 Å². The van der Waals surface area contributed by atoms with Crippen molar-refractivity contribution >= 4 is 44.2 Å². The number of aryl methyl sites for hydroxylation is 1. The van der Waals surface area contributed by atoms with Crippen LogP contribution < -0.4 is 5.56 Å². The maximum absolute atomic E-state index is 12.8. The van der Waals surface area contributed by atoms with Gasteiger partial charge in [-0.15, -0.1) is 34.0 Å². The lowest BCUT2D eigenvalue weighted by atomic mass is 10.2. The Hall–Kier alpha value is -1.80. The average Bonchev–Trinajstić information content (AvgIpc) is 3.41. The first kappa shape index (κ1) is 17.3. The highest BCUT2D eigenvalue weighted by atomic mass is 32.1. The number of nitrogens with zero attached hydrogens (tertiary/aromatic N) is 2. The molecule has 1 saturated heterocycles. The Kier molecular flexibility index (Phi) is 4.47. The van der Waals surface area contributed by atoms with Crippen LogP contribution >= 0.6 is 34.0 Å². The minimum atomic E-state index is -0.0239. The van der Waals surface area contributed by atoms with Gasteiger partial charge in [0.25, 0.3) is 5.56 Å². The quantitative estimate of drug-likeness (QED) is 0.486. The van der Waals surface area contributed by atoms with Crippen LogP contribution in [0.4, 0.5) is 0 Å². The second-order valence-corrected chi connectivity index (χ2v) is 10.0. The number of rotatable bonds is 4. The van der Waals surface area contributed by atoms with Gasteiger partial charge in [-0.2, -0.15) is 0 Å². The molecule has 1 atom stereocenters. The van der Waals surface area contributed by atoms with Gasteiger partial charge in [0.1, 0.15) is 10.7 Å². The monoisotopic (exact) mass is 413 g/mol. The maximum atomic E-state index is 12.8. The molecule has 0 radical (unpaired) electrons. The van der Waals surface area contributed by atoms with E-state index >= 15 is 0 Å². The highest BCUT2D eigenvalue weighted by Gasteiger charge is 2.27. The molecule has 4 aromatic rings. The van der Waals surface area contributed by atoms with Gasteiger partial charge in [-0.05, 0) is 49.9 Å². The molecule has 0 amide bonds. The molecular formula is C20H19N3OS3. The number of hydrogen-bond donors (Lipinski definition) is 1. The van der Waals surface area contributed by atoms with Crippen molar-refractivity contribution in [2.75, 3.05) is 6.54 Å². The number of likely N-dealkylation sites (tertiary alicyclic amines) is 1. The molecule has 1 aliphatic rings. The summed E-state index contributed by atoms with van der Waals surface area (Å²) in [6, 6.07) is 8.95. The van der Waals surface area contributed by atoms with Crippen molar-refractivity contribution in [3.05, 3.63) is 61.0 Å². The summed E-state index contributed by atoms with van der Waals surface area (Å²) in [5, 5.41) is 4.92. The first-order valence-corrected chi connectivity index (χ1v) is 11.6. The summed E-state index contributed by atoms with van der Waals surface area (Å²) in [5.41, 5.74) is 0.982. The van der Waals surface area contributed by atoms with Crippen molar-refractivity contribution in [1.29, 1.82) is 0 Å². The Morgan fingerprint density at radius 2 is 2.22 bits per heavy atom. The van der Waals surface area contributed by atoms with Gasteiger partial charge >= 0.3 is 0 Å². The fourth-order valence-electron chi connectivity index (χ4n) is 3.84. The Balaban J connectivity index is 1.48. The second kappa shape index (κ2) is 6.98. The number of fused-ring (bicyclic) bond motifs is 1. The van der Waals surface area contributed by atoms with E-state index in [1.54, 1.807) is 22.7 Å². The molecule has 5 heterocycles. The SMILES string of the molecule is Cc1ccc(-c2csc3nc(CN4CCC[C@H]4c4cccs4)[nH]c(=O)c23)s1. The largest absolute Gasteiger partial charge is 0.309 e. The van der Waals surface area contributed by atoms with Gasteiger partial charge in [-0.1, -0.05) is 6.07 Å². The van der Waals surface area contributed by atoms with Crippen molar-refractivity contribution in [1.82, 2.24) is 14.9 Å². The fourth-order valence-corrected chi connectivity index (χ4v) is 6.66. The molecule has 4 nitrogen and oxygen atoms in total. The molecular weight excluding hydrogens is 394 g/mol. The first-order chi connectivity index (χ1) is 13.2. The predicted molar refractivity (Wildman–Crippen MR) is 115 cm³/mol. The zero-order valence-corrected chi connectivity index (χ0v) is 17.3. The van der Waals surface area contributed by atoms with Crippen LogP contribution in [-0.4, -0.2) is 21.4 Å². The molecule has 1 fully saturated rings. The van der Waals surface area contributed by atoms with Crippen molar-refractivity contribution < 1.29 is 0 Å². The summed E-state index contributed by atoms with van der Waals surface area (Å²) in [4.78, 5) is 27.8. The van der Waals surface area contributed by atoms with E-state index in [9.17, 15) is 4.79 Å². The summed E-state index contributed by atoms with van der Waals surface area (Å²) < 4.78 is 0. The molecule has 1 aliphatic heterocycles. The standard InChI is InChI=1S/C20H19N3OS3/c1-12-6-7-15(27-12)13-11-26-20-18(13)19(24)21-17(22-20)10-23-8-2-4-14(23)16-5-3-9-25-16/h3,5-7,9,11,14H,2,4,8,10H2,1H3,(H,21,22,24)/t14-/m0/s1. The van der Waals surface area contributed by atoms with Gasteiger partial charge in [0.05, 0.1) is 11.9 Å². The van der Waals surface area contributed by atoms with E-state index < -0.39 is 0 Å². The Bertz CT molecular complexity index is 1140. The van der Waals surface area contributed by atoms with E-state index in [0.717, 1.165) is 33.0 Å². The van der Waals surface area contributed by atoms with E-state index in [2.05, 4.69) is 51.8 Å². The van der Waals surface area contributed by atoms with Crippen LogP contribution in [0.1, 0.15) is 34.5 Å². The highest BCUT2D eigenvalue weighted by molar-refractivity contribution is 7.19. The minimum Gasteiger partial charge on any atom is -0.309 e. The number of nitrogens with one attached hydrogen (secondary N) is 1. The van der Waals surface area contributed by atoms with Crippen molar-refractivity contribution in [3.8, 4) is 10.4 Å². The summed E-state index contributed by atoms with van der Waals surface area (Å²) >= 11 is 5.09. The molecule has 138 valence electrons. The van der Waals surface area contributed by atoms with Crippen LogP contribution in [0, 0.1) is 6.92 Å². The molecule has 7 heteroatoms. The highest BCUT2D eigenvalue weighted by Crippen LogP contribution is 2.37. The third-order valence-corrected chi connectivity index (χ3v) is 7.97. The van der Waals surface area contributed by atoms with E-state index in [-0.39, 0.29) is 5.56 Å². The van der Waals surface area contributed by atoms with Gasteiger partial charge in [0.15, 0.2) is 0 Å². The zero-order valence-electron chi connectivity index (χ0n) is 14.9. The number of H-pyrrole nitrogens is 1. The summed E-state index contributed by atoms with van der Waals surface area (Å²) in [6.45, 7) is 3.83. The molecule has 0 aliphatic carbocycles. The van der Waals surface area contributed by atoms with Gasteiger partial charge in [0.2, 0.25) is 0 Å². The lowest BCUT2D eigenvalue weighted by Gasteiger charge is -2.22. The van der Waals surface area contributed by atoms with Crippen LogP contribution in [0.15, 0.2) is 39.8 Å². The van der Waals surface area contributed by atoms with E-state index in [4.69, 9.17) is 4.98 Å². The molecule has 27 heavy (non-hydrogen) atoms. The summed E-state index contributed by atoms with van der Waals surface area (Å²) in [5.74, 6) is 0.770. The van der Waals surface area contributed by atoms with E-state index in [1.807, 2.05) is 11.3 Å². The molecule has 0 aromatic carbocycles. The second-order valence-electron chi connectivity index (χ2n) is 6.90. The number of hydrogen-bond acceptors (Lipinski definition) is 6. The van der Waals surface area contributed by atoms with E-state index in [0.29, 0.717) is 12.6 Å². The topological polar surface area (TPSA) is 49.0 Å². The lowest BCUT2D eigenvalue weighted by molar-refractivity contribution is 0.245. The minimum absolute atomic E-state index is 0.0239. The summed E-state index contributed by atoms with van der Waals surface area (Å²) in [6.07, 6.45) is 2.36. The third kappa shape index (κ3) is 3.18. The molecule has 0 spiro atoms. The van der Waals surface area contributed by atoms with Crippen LogP contribution in [0.5, 0.6) is 0 Å². The lowest BCUT2D eigenvalue weighted by Crippen LogP contribution is -2.25. The Morgan fingerprint density at radius 3 is 3.00 bits per heavy atom. The first-order valence-electron chi connectivity index (χ1n) is 9.04. The Morgan fingerprint density at radius 1 is 1.30 bits per heavy atom. The van der Waals surface area contributed by atoms with Crippen molar-refractivity contribution in [2.45, 2.75) is 32.4 Å². The van der Waals surface area contributed by atoms with Crippen LogP contribution in [0.25, 0.3) is 20.7 Å². The normalized spacial score (nSPS) is 17.9. The van der Waals surface area contributed by atoms with Crippen LogP contribution in [0.2, 0.25) is 0 Å². The van der Waals surface area contributed by atoms with Gasteiger partial charge < -0.3 is 4.98 Å². The molecule has 4 aromatic heterocycles. The van der Waals surface area contributed by atoms with Crippen LogP contribution in [0.3, 0.4) is 0 Å². The van der Waals surface area contributed by atoms with Crippen molar-refractivity contribution in [3.63, 3.8) is 0 Å². The molecule has 5 rings (SSSR count). The molecule has 0 bridgehead atoms. The maximum Gasteiger partial charge on any atom is 0.260 e. The predicted octanol–water partition coefficient (Wildman–Crippen LogP) is 5.42. The average molecular weight is 414 g/mol. The zero-order chi connectivity index (χ0) is 18.4. The number of thiophene rings is 3. The van der Waals surface area contributed by atoms with Gasteiger partial charge in [-0.3, -0.25) is 9.69 Å². The third-order valence-electron chi connectivity index (χ3n) is 5.09. The van der Waals surface area contributed by atoms with Gasteiger partial charge in [0, 0.05) is 31.6 Å². The van der Waals surface area contributed by atoms with Crippen LogP contribution in [-0.2, 0) is 6.54 Å². The number of aromatic amines is 1. The molecule has 0 unspecified atom stereocenters. The number of aromatic nitrogens is 2. The smallest absolute Gasteiger partial charge is 0.260 e. The Labute approximate surface area is 169 Å². The van der Waals surface area contributed by atoms with E-state index in [1.165, 1.54) is 22.6 Å². The fraction of sp³-hybridized carbons (Fsp3) is 0.300. The molecule has 1 N–H and O–H groups in total. The molecule has 0 saturated carbocycles.